The van der Waals surface area contributed by atoms with E-state index in [1.165, 1.54) is 10.9 Å². The maximum Gasteiger partial charge on any atom is 0.277 e. The Morgan fingerprint density at radius 1 is 1.43 bits per heavy atom. The third-order valence-corrected chi connectivity index (χ3v) is 6.75. The molecular formula is C17H17ClF2N2O5S. The SMILES string of the molecule is CCn1[nH]cc(C(=O)c2cc(F)c3c(c2Cl)C(OCCF)CCS3(=O)=O)c1=O. The molecule has 2 aromatic rings. The Hall–Kier alpha value is -2.04. The third kappa shape index (κ3) is 3.40. The van der Waals surface area contributed by atoms with E-state index in [0.29, 0.717) is 6.07 Å². The number of benzene rings is 1. The van der Waals surface area contributed by atoms with Crippen molar-refractivity contribution < 1.29 is 26.7 Å². The maximum absolute atomic E-state index is 14.7. The number of hydrogen-bond donors (Lipinski definition) is 1. The number of aromatic amines is 1. The van der Waals surface area contributed by atoms with E-state index < -0.39 is 50.4 Å². The van der Waals surface area contributed by atoms with E-state index in [4.69, 9.17) is 16.3 Å². The minimum absolute atomic E-state index is 0.0566. The first-order chi connectivity index (χ1) is 13.2. The number of carbonyl (C=O) groups is 1. The summed E-state index contributed by atoms with van der Waals surface area (Å²) in [5.41, 5.74) is -1.44. The summed E-state index contributed by atoms with van der Waals surface area (Å²) in [4.78, 5) is 24.4. The average molecular weight is 435 g/mol. The van der Waals surface area contributed by atoms with E-state index in [1.54, 1.807) is 6.92 Å². The van der Waals surface area contributed by atoms with Crippen LogP contribution in [0.4, 0.5) is 8.78 Å². The summed E-state index contributed by atoms with van der Waals surface area (Å²) in [6, 6.07) is 0.710. The van der Waals surface area contributed by atoms with Crippen molar-refractivity contribution in [2.75, 3.05) is 19.0 Å². The Bertz CT molecular complexity index is 1090. The van der Waals surface area contributed by atoms with E-state index >= 15 is 0 Å². The van der Waals surface area contributed by atoms with E-state index in [2.05, 4.69) is 5.10 Å². The van der Waals surface area contributed by atoms with Crippen molar-refractivity contribution >= 4 is 27.2 Å². The van der Waals surface area contributed by atoms with Gasteiger partial charge in [-0.15, -0.1) is 0 Å². The highest BCUT2D eigenvalue weighted by Crippen LogP contribution is 2.42. The molecule has 0 fully saturated rings. The monoisotopic (exact) mass is 434 g/mol. The van der Waals surface area contributed by atoms with Crippen LogP contribution >= 0.6 is 11.6 Å². The van der Waals surface area contributed by atoms with E-state index in [9.17, 15) is 26.8 Å². The number of fused-ring (bicyclic) bond motifs is 1. The molecule has 0 amide bonds. The van der Waals surface area contributed by atoms with Crippen molar-refractivity contribution in [3.05, 3.63) is 50.1 Å². The minimum atomic E-state index is -3.98. The number of ether oxygens (including phenoxy) is 1. The summed E-state index contributed by atoms with van der Waals surface area (Å²) in [6.45, 7) is 0.821. The lowest BCUT2D eigenvalue weighted by Crippen LogP contribution is -2.26. The molecule has 1 aliphatic heterocycles. The molecule has 1 atom stereocenters. The van der Waals surface area contributed by atoms with Crippen LogP contribution in [0.1, 0.15) is 40.9 Å². The molecule has 7 nitrogen and oxygen atoms in total. The highest BCUT2D eigenvalue weighted by atomic mass is 35.5. The summed E-state index contributed by atoms with van der Waals surface area (Å²) in [6.07, 6.45) is 0.136. The van der Waals surface area contributed by atoms with Gasteiger partial charge in [-0.1, -0.05) is 11.6 Å². The van der Waals surface area contributed by atoms with Gasteiger partial charge in [0.1, 0.15) is 23.0 Å². The van der Waals surface area contributed by atoms with Gasteiger partial charge in [-0.2, -0.15) is 0 Å². The number of H-pyrrole nitrogens is 1. The number of halogens is 3. The number of hydrogen-bond acceptors (Lipinski definition) is 5. The molecule has 0 saturated carbocycles. The predicted octanol–water partition coefficient (Wildman–Crippen LogP) is 2.42. The first-order valence-corrected chi connectivity index (χ1v) is 10.5. The van der Waals surface area contributed by atoms with Crippen molar-refractivity contribution in [1.29, 1.82) is 0 Å². The largest absolute Gasteiger partial charge is 0.371 e. The van der Waals surface area contributed by atoms with Crippen molar-refractivity contribution in [3.63, 3.8) is 0 Å². The van der Waals surface area contributed by atoms with Gasteiger partial charge in [-0.25, -0.2) is 17.2 Å². The van der Waals surface area contributed by atoms with Gasteiger partial charge in [0, 0.05) is 23.9 Å². The van der Waals surface area contributed by atoms with Crippen LogP contribution in [0.2, 0.25) is 5.02 Å². The summed E-state index contributed by atoms with van der Waals surface area (Å²) >= 11 is 6.29. The van der Waals surface area contributed by atoms with Crippen molar-refractivity contribution in [3.8, 4) is 0 Å². The molecule has 1 aromatic heterocycles. The smallest absolute Gasteiger partial charge is 0.277 e. The Kier molecular flexibility index (Phi) is 5.74. The molecule has 0 bridgehead atoms. The molecule has 1 aliphatic rings. The predicted molar refractivity (Wildman–Crippen MR) is 96.9 cm³/mol. The van der Waals surface area contributed by atoms with Crippen LogP contribution in [0.25, 0.3) is 0 Å². The average Bonchev–Trinajstić information content (AvgIpc) is 3.03. The van der Waals surface area contributed by atoms with Crippen LogP contribution in [0.5, 0.6) is 0 Å². The second kappa shape index (κ2) is 7.76. The maximum atomic E-state index is 14.7. The second-order valence-electron chi connectivity index (χ2n) is 6.18. The second-order valence-corrected chi connectivity index (χ2v) is 8.61. The lowest BCUT2D eigenvalue weighted by molar-refractivity contribution is 0.0380. The number of sulfone groups is 1. The summed E-state index contributed by atoms with van der Waals surface area (Å²) in [5, 5.41) is 2.28. The zero-order chi connectivity index (χ0) is 20.6. The lowest BCUT2D eigenvalue weighted by Gasteiger charge is -2.27. The number of nitrogens with zero attached hydrogens (tertiary/aromatic N) is 1. The van der Waals surface area contributed by atoms with Crippen LogP contribution in [-0.2, 0) is 21.1 Å². The molecule has 0 radical (unpaired) electrons. The number of nitrogens with one attached hydrogen (secondary N) is 1. The van der Waals surface area contributed by atoms with Crippen LogP contribution in [0, 0.1) is 5.82 Å². The number of carbonyl (C=O) groups excluding carboxylic acids is 1. The summed E-state index contributed by atoms with van der Waals surface area (Å²) in [5.74, 6) is -2.41. The van der Waals surface area contributed by atoms with E-state index in [-0.39, 0.29) is 41.3 Å². The topological polar surface area (TPSA) is 98.2 Å². The fourth-order valence-electron chi connectivity index (χ4n) is 3.21. The van der Waals surface area contributed by atoms with Gasteiger partial charge in [0.15, 0.2) is 9.84 Å². The molecule has 152 valence electrons. The first-order valence-electron chi connectivity index (χ1n) is 8.48. The number of aromatic nitrogens is 2. The fourth-order valence-corrected chi connectivity index (χ4v) is 5.28. The number of rotatable bonds is 6. The quantitative estimate of drug-likeness (QED) is 0.704. The minimum Gasteiger partial charge on any atom is -0.371 e. The van der Waals surface area contributed by atoms with Crippen LogP contribution in [0.3, 0.4) is 0 Å². The molecule has 11 heteroatoms. The standard InChI is InChI=1S/C17H17ClF2N2O5S/c1-2-22-17(24)10(8-21-22)15(23)9-7-11(20)16-13(14(9)18)12(27-5-4-19)3-6-28(16,25)26/h7-8,12,21H,2-6H2,1H3. The number of alkyl halides is 1. The van der Waals surface area contributed by atoms with Crippen molar-refractivity contribution in [2.45, 2.75) is 30.9 Å². The molecule has 0 aliphatic carbocycles. The number of ketones is 1. The Balaban J connectivity index is 2.20. The van der Waals surface area contributed by atoms with Gasteiger partial charge in [-0.05, 0) is 19.4 Å². The molecule has 0 spiro atoms. The van der Waals surface area contributed by atoms with Crippen LogP contribution < -0.4 is 5.56 Å². The van der Waals surface area contributed by atoms with Crippen LogP contribution in [-0.4, -0.2) is 43.0 Å². The molecule has 2 heterocycles. The van der Waals surface area contributed by atoms with Crippen LogP contribution in [0.15, 0.2) is 22.0 Å². The van der Waals surface area contributed by atoms with Gasteiger partial charge in [0.25, 0.3) is 5.56 Å². The zero-order valence-electron chi connectivity index (χ0n) is 14.8. The Morgan fingerprint density at radius 2 is 2.14 bits per heavy atom. The highest BCUT2D eigenvalue weighted by Gasteiger charge is 2.38. The Morgan fingerprint density at radius 3 is 2.75 bits per heavy atom. The number of aryl methyl sites for hydroxylation is 1. The zero-order valence-corrected chi connectivity index (χ0v) is 16.4. The van der Waals surface area contributed by atoms with Gasteiger partial charge in [-0.3, -0.25) is 14.3 Å². The van der Waals surface area contributed by atoms with E-state index in [1.807, 2.05) is 0 Å². The lowest BCUT2D eigenvalue weighted by atomic mass is 9.98. The molecule has 1 N–H and O–H groups in total. The van der Waals surface area contributed by atoms with Gasteiger partial charge in [0.2, 0.25) is 5.78 Å². The molecule has 28 heavy (non-hydrogen) atoms. The van der Waals surface area contributed by atoms with Gasteiger partial charge in [0.05, 0.1) is 23.5 Å². The molecule has 1 unspecified atom stereocenters. The normalized spacial score (nSPS) is 18.1. The fraction of sp³-hybridized carbons (Fsp3) is 0.412. The van der Waals surface area contributed by atoms with Gasteiger partial charge < -0.3 is 9.84 Å². The molecule has 1 aromatic carbocycles. The first kappa shape index (κ1) is 20.7. The summed E-state index contributed by atoms with van der Waals surface area (Å²) in [7, 11) is -3.98. The van der Waals surface area contributed by atoms with Crippen molar-refractivity contribution in [1.82, 2.24) is 9.78 Å². The summed E-state index contributed by atoms with van der Waals surface area (Å²) < 4.78 is 58.4. The highest BCUT2D eigenvalue weighted by molar-refractivity contribution is 7.91. The Labute approximate surface area is 164 Å². The molecule has 3 rings (SSSR count). The van der Waals surface area contributed by atoms with E-state index in [0.717, 1.165) is 0 Å². The molecular weight excluding hydrogens is 418 g/mol. The van der Waals surface area contributed by atoms with Gasteiger partial charge >= 0.3 is 0 Å². The molecule has 0 saturated heterocycles. The van der Waals surface area contributed by atoms with Crippen molar-refractivity contribution in [2.24, 2.45) is 0 Å². The third-order valence-electron chi connectivity index (χ3n) is 4.53.